The molecule has 5 heteroatoms. The van der Waals surface area contributed by atoms with Crippen LogP contribution in [0.3, 0.4) is 0 Å². The summed E-state index contributed by atoms with van der Waals surface area (Å²) >= 11 is 1.68. The van der Waals surface area contributed by atoms with Crippen LogP contribution in [0.2, 0.25) is 0 Å². The molecule has 2 aromatic rings. The predicted octanol–water partition coefficient (Wildman–Crippen LogP) is 4.26. The summed E-state index contributed by atoms with van der Waals surface area (Å²) in [5.41, 5.74) is 1.20. The maximum atomic E-state index is 12.6. The molecule has 2 aromatic heterocycles. The van der Waals surface area contributed by atoms with Gasteiger partial charge in [0.05, 0.1) is 11.7 Å². The van der Waals surface area contributed by atoms with E-state index in [0.29, 0.717) is 22.9 Å². The summed E-state index contributed by atoms with van der Waals surface area (Å²) < 4.78 is 5.09. The molecule has 1 atom stereocenters. The zero-order chi connectivity index (χ0) is 15.4. The monoisotopic (exact) mass is 306 g/mol. The van der Waals surface area contributed by atoms with Gasteiger partial charge in [0.15, 0.2) is 0 Å². The average molecular weight is 306 g/mol. The molecule has 114 valence electrons. The van der Waals surface area contributed by atoms with Crippen LogP contribution in [0.1, 0.15) is 59.4 Å². The summed E-state index contributed by atoms with van der Waals surface area (Å²) in [6.45, 7) is 7.89. The highest BCUT2D eigenvalue weighted by atomic mass is 32.1. The Hall–Kier alpha value is -1.62. The van der Waals surface area contributed by atoms with Gasteiger partial charge in [-0.05, 0) is 31.2 Å². The van der Waals surface area contributed by atoms with Crippen LogP contribution in [-0.4, -0.2) is 11.1 Å². The smallest absolute Gasteiger partial charge is 0.257 e. The van der Waals surface area contributed by atoms with Gasteiger partial charge in [0.1, 0.15) is 11.3 Å². The fraction of sp³-hybridized carbons (Fsp3) is 0.500. The van der Waals surface area contributed by atoms with Gasteiger partial charge in [-0.3, -0.25) is 4.79 Å². The summed E-state index contributed by atoms with van der Waals surface area (Å²) in [7, 11) is 0. The van der Waals surface area contributed by atoms with Gasteiger partial charge in [-0.1, -0.05) is 37.9 Å². The number of carbonyl (C=O) groups excluding carboxylic acids is 1. The number of amides is 1. The Kier molecular flexibility index (Phi) is 5.17. The number of hydrogen-bond acceptors (Lipinski definition) is 4. The van der Waals surface area contributed by atoms with E-state index in [1.807, 2.05) is 11.4 Å². The molecule has 0 radical (unpaired) electrons. The minimum Gasteiger partial charge on any atom is -0.361 e. The van der Waals surface area contributed by atoms with Crippen LogP contribution in [-0.2, 0) is 0 Å². The molecule has 1 N–H and O–H groups in total. The van der Waals surface area contributed by atoms with E-state index in [0.717, 1.165) is 12.8 Å². The molecule has 2 heterocycles. The Morgan fingerprint density at radius 1 is 1.38 bits per heavy atom. The van der Waals surface area contributed by atoms with Gasteiger partial charge in [0.2, 0.25) is 0 Å². The molecule has 4 nitrogen and oxygen atoms in total. The third-order valence-electron chi connectivity index (χ3n) is 3.92. The van der Waals surface area contributed by atoms with Gasteiger partial charge < -0.3 is 9.84 Å². The molecule has 0 saturated heterocycles. The van der Waals surface area contributed by atoms with Gasteiger partial charge in [-0.2, -0.15) is 0 Å². The van der Waals surface area contributed by atoms with Crippen molar-refractivity contribution in [3.8, 4) is 0 Å². The Morgan fingerprint density at radius 2 is 2.10 bits per heavy atom. The predicted molar refractivity (Wildman–Crippen MR) is 84.6 cm³/mol. The number of nitrogens with one attached hydrogen (secondary N) is 1. The first kappa shape index (κ1) is 15.8. The number of rotatable bonds is 6. The fourth-order valence-electron chi connectivity index (χ4n) is 2.67. The molecule has 1 amide bonds. The van der Waals surface area contributed by atoms with Gasteiger partial charge in [0.25, 0.3) is 5.91 Å². The summed E-state index contributed by atoms with van der Waals surface area (Å²) in [5.74, 6) is 0.893. The first-order valence-electron chi connectivity index (χ1n) is 7.35. The highest BCUT2D eigenvalue weighted by Crippen LogP contribution is 2.31. The van der Waals surface area contributed by atoms with Crippen LogP contribution in [0.25, 0.3) is 0 Å². The lowest BCUT2D eigenvalue weighted by Crippen LogP contribution is -2.33. The van der Waals surface area contributed by atoms with Crippen molar-refractivity contribution >= 4 is 17.2 Å². The first-order valence-corrected chi connectivity index (χ1v) is 8.23. The molecule has 0 aliphatic carbocycles. The SMILES string of the molecule is CCC(CC)[C@H](NC(=O)c1c(C)noc1C)c1cccs1. The fourth-order valence-corrected chi connectivity index (χ4v) is 3.54. The lowest BCUT2D eigenvalue weighted by atomic mass is 9.92. The maximum absolute atomic E-state index is 12.6. The van der Waals surface area contributed by atoms with Crippen LogP contribution in [0.4, 0.5) is 0 Å². The molecule has 0 unspecified atom stereocenters. The molecule has 0 spiro atoms. The van der Waals surface area contributed by atoms with Crippen molar-refractivity contribution < 1.29 is 9.32 Å². The summed E-state index contributed by atoms with van der Waals surface area (Å²) in [6, 6.07) is 4.15. The van der Waals surface area contributed by atoms with Gasteiger partial charge in [-0.15, -0.1) is 11.3 Å². The normalized spacial score (nSPS) is 12.6. The minimum absolute atomic E-state index is 0.0428. The van der Waals surface area contributed by atoms with Crippen LogP contribution < -0.4 is 5.32 Å². The van der Waals surface area contributed by atoms with Crippen LogP contribution >= 0.6 is 11.3 Å². The molecule has 0 aliphatic heterocycles. The zero-order valence-corrected chi connectivity index (χ0v) is 13.8. The van der Waals surface area contributed by atoms with Crippen molar-refractivity contribution in [3.05, 3.63) is 39.4 Å². The first-order chi connectivity index (χ1) is 10.1. The average Bonchev–Trinajstić information content (AvgIpc) is 3.09. The standard InChI is InChI=1S/C16H22N2O2S/c1-5-12(6-2)15(13-8-7-9-21-13)17-16(19)14-10(3)18-20-11(14)4/h7-9,12,15H,5-6H2,1-4H3,(H,17,19)/t15-/m0/s1. The summed E-state index contributed by atoms with van der Waals surface area (Å²) in [5, 5.41) is 9.08. The van der Waals surface area contributed by atoms with E-state index in [9.17, 15) is 4.79 Å². The molecule has 0 fully saturated rings. The number of aryl methyl sites for hydroxylation is 2. The van der Waals surface area contributed by atoms with E-state index in [4.69, 9.17) is 4.52 Å². The van der Waals surface area contributed by atoms with Crippen molar-refractivity contribution in [2.24, 2.45) is 5.92 Å². The Bertz CT molecular complexity index is 566. The van der Waals surface area contributed by atoms with E-state index >= 15 is 0 Å². The molecule has 0 saturated carbocycles. The van der Waals surface area contributed by atoms with Gasteiger partial charge in [-0.25, -0.2) is 0 Å². The number of thiophene rings is 1. The Balaban J connectivity index is 2.25. The molecule has 0 aliphatic rings. The van der Waals surface area contributed by atoms with Crippen molar-refractivity contribution in [1.29, 1.82) is 0 Å². The van der Waals surface area contributed by atoms with Crippen molar-refractivity contribution in [2.45, 2.75) is 46.6 Å². The van der Waals surface area contributed by atoms with E-state index in [2.05, 4.69) is 30.4 Å². The van der Waals surface area contributed by atoms with Crippen molar-refractivity contribution in [3.63, 3.8) is 0 Å². The minimum atomic E-state index is -0.100. The van der Waals surface area contributed by atoms with E-state index in [1.54, 1.807) is 25.2 Å². The highest BCUT2D eigenvalue weighted by Gasteiger charge is 2.26. The topological polar surface area (TPSA) is 55.1 Å². The second kappa shape index (κ2) is 6.89. The molecular formula is C16H22N2O2S. The highest BCUT2D eigenvalue weighted by molar-refractivity contribution is 7.10. The molecule has 21 heavy (non-hydrogen) atoms. The summed E-state index contributed by atoms with van der Waals surface area (Å²) in [4.78, 5) is 13.8. The number of carbonyl (C=O) groups is 1. The molecule has 0 aromatic carbocycles. The maximum Gasteiger partial charge on any atom is 0.257 e. The Morgan fingerprint density at radius 3 is 2.57 bits per heavy atom. The van der Waals surface area contributed by atoms with Crippen molar-refractivity contribution in [1.82, 2.24) is 10.5 Å². The third-order valence-corrected chi connectivity index (χ3v) is 4.87. The number of nitrogens with zero attached hydrogens (tertiary/aromatic N) is 1. The van der Waals surface area contributed by atoms with E-state index in [1.165, 1.54) is 4.88 Å². The molecular weight excluding hydrogens is 284 g/mol. The van der Waals surface area contributed by atoms with Gasteiger partial charge in [0, 0.05) is 4.88 Å². The number of hydrogen-bond donors (Lipinski definition) is 1. The second-order valence-electron chi connectivity index (χ2n) is 5.24. The quantitative estimate of drug-likeness (QED) is 0.867. The van der Waals surface area contributed by atoms with Crippen LogP contribution in [0.15, 0.2) is 22.0 Å². The van der Waals surface area contributed by atoms with Crippen molar-refractivity contribution in [2.75, 3.05) is 0 Å². The van der Waals surface area contributed by atoms with Crippen LogP contribution in [0, 0.1) is 19.8 Å². The molecule has 0 bridgehead atoms. The van der Waals surface area contributed by atoms with E-state index in [-0.39, 0.29) is 11.9 Å². The summed E-state index contributed by atoms with van der Waals surface area (Å²) in [6.07, 6.45) is 2.06. The largest absolute Gasteiger partial charge is 0.361 e. The molecule has 2 rings (SSSR count). The second-order valence-corrected chi connectivity index (χ2v) is 6.22. The van der Waals surface area contributed by atoms with E-state index < -0.39 is 0 Å². The van der Waals surface area contributed by atoms with Crippen LogP contribution in [0.5, 0.6) is 0 Å². The lowest BCUT2D eigenvalue weighted by Gasteiger charge is -2.25. The Labute approximate surface area is 129 Å². The van der Waals surface area contributed by atoms with Gasteiger partial charge >= 0.3 is 0 Å². The zero-order valence-electron chi connectivity index (χ0n) is 13.0. The third kappa shape index (κ3) is 3.35. The lowest BCUT2D eigenvalue weighted by molar-refractivity contribution is 0.0918. The number of aromatic nitrogens is 1.